The molecular weight excluding hydrogens is 328 g/mol. The Morgan fingerprint density at radius 2 is 2.12 bits per heavy atom. The van der Waals surface area contributed by atoms with Gasteiger partial charge in [0.25, 0.3) is 0 Å². The van der Waals surface area contributed by atoms with Gasteiger partial charge in [-0.25, -0.2) is 0 Å². The van der Waals surface area contributed by atoms with Gasteiger partial charge in [-0.1, -0.05) is 42.5 Å². The fraction of sp³-hybridized carbons (Fsp3) is 0.286. The SMILES string of the molecule is C=CCN(C)CC=CCOc1ccc2c(CC=CC(=C)C)nsc2c1. The third-order valence-electron chi connectivity index (χ3n) is 3.60. The van der Waals surface area contributed by atoms with Crippen LogP contribution in [0.5, 0.6) is 5.75 Å². The molecule has 0 radical (unpaired) electrons. The Labute approximate surface area is 154 Å². The van der Waals surface area contributed by atoms with E-state index in [2.05, 4.69) is 53.8 Å². The molecule has 0 saturated heterocycles. The van der Waals surface area contributed by atoms with Crippen molar-refractivity contribution >= 4 is 21.6 Å². The predicted molar refractivity (Wildman–Crippen MR) is 110 cm³/mol. The van der Waals surface area contributed by atoms with Crippen molar-refractivity contribution in [1.29, 1.82) is 0 Å². The van der Waals surface area contributed by atoms with Gasteiger partial charge in [-0.15, -0.1) is 6.58 Å². The monoisotopic (exact) mass is 354 g/mol. The van der Waals surface area contributed by atoms with E-state index in [1.165, 1.54) is 16.9 Å². The zero-order valence-corrected chi connectivity index (χ0v) is 15.9. The zero-order valence-electron chi connectivity index (χ0n) is 15.1. The minimum atomic E-state index is 0.570. The van der Waals surface area contributed by atoms with Gasteiger partial charge in [-0.2, -0.15) is 4.37 Å². The summed E-state index contributed by atoms with van der Waals surface area (Å²) in [5, 5.41) is 1.20. The Morgan fingerprint density at radius 1 is 1.28 bits per heavy atom. The molecule has 2 rings (SSSR count). The normalized spacial score (nSPS) is 11.8. The van der Waals surface area contributed by atoms with Crippen molar-refractivity contribution in [2.24, 2.45) is 0 Å². The number of ether oxygens (including phenoxy) is 1. The maximum absolute atomic E-state index is 5.81. The lowest BCUT2D eigenvalue weighted by molar-refractivity contribution is 0.361. The van der Waals surface area contributed by atoms with Gasteiger partial charge in [0.05, 0.1) is 10.4 Å². The maximum Gasteiger partial charge on any atom is 0.121 e. The number of allylic oxidation sites excluding steroid dienone is 3. The lowest BCUT2D eigenvalue weighted by Gasteiger charge is -2.10. The van der Waals surface area contributed by atoms with E-state index in [0.29, 0.717) is 6.61 Å². The third kappa shape index (κ3) is 6.33. The molecule has 3 nitrogen and oxygen atoms in total. The molecule has 4 heteroatoms. The molecule has 1 aromatic heterocycles. The number of rotatable bonds is 10. The van der Waals surface area contributed by atoms with Gasteiger partial charge < -0.3 is 4.74 Å². The van der Waals surface area contributed by atoms with Crippen LogP contribution in [0.4, 0.5) is 0 Å². The Bertz CT molecular complexity index is 773. The number of nitrogens with zero attached hydrogens (tertiary/aromatic N) is 2. The van der Waals surface area contributed by atoms with Crippen LogP contribution in [0.1, 0.15) is 12.6 Å². The second-order valence-electron chi connectivity index (χ2n) is 6.03. The average Bonchev–Trinajstić information content (AvgIpc) is 2.97. The van der Waals surface area contributed by atoms with Crippen LogP contribution in [-0.4, -0.2) is 36.0 Å². The van der Waals surface area contributed by atoms with Gasteiger partial charge in [0, 0.05) is 24.9 Å². The molecule has 0 amide bonds. The molecule has 25 heavy (non-hydrogen) atoms. The molecule has 0 aliphatic rings. The predicted octanol–water partition coefficient (Wildman–Crippen LogP) is 5.02. The molecule has 0 aliphatic carbocycles. The second-order valence-corrected chi connectivity index (χ2v) is 6.84. The molecule has 0 aliphatic heterocycles. The highest BCUT2D eigenvalue weighted by Crippen LogP contribution is 2.27. The van der Waals surface area contributed by atoms with E-state index in [1.54, 1.807) is 0 Å². The second kappa shape index (κ2) is 9.97. The van der Waals surface area contributed by atoms with Gasteiger partial charge in [0.1, 0.15) is 12.4 Å². The van der Waals surface area contributed by atoms with E-state index in [9.17, 15) is 0 Å². The topological polar surface area (TPSA) is 25.4 Å². The number of likely N-dealkylation sites (N-methyl/N-ethyl adjacent to an activating group) is 1. The smallest absolute Gasteiger partial charge is 0.121 e. The first-order chi connectivity index (χ1) is 12.1. The summed E-state index contributed by atoms with van der Waals surface area (Å²) in [6.45, 7) is 11.9. The summed E-state index contributed by atoms with van der Waals surface area (Å²) in [4.78, 5) is 2.18. The van der Waals surface area contributed by atoms with E-state index in [1.807, 2.05) is 31.2 Å². The van der Waals surface area contributed by atoms with Gasteiger partial charge in [0.15, 0.2) is 0 Å². The summed E-state index contributed by atoms with van der Waals surface area (Å²) in [6, 6.07) is 6.18. The summed E-state index contributed by atoms with van der Waals surface area (Å²) in [5.74, 6) is 0.879. The van der Waals surface area contributed by atoms with Gasteiger partial charge in [-0.05, 0) is 43.7 Å². The molecule has 1 aromatic carbocycles. The summed E-state index contributed by atoms with van der Waals surface area (Å²) in [7, 11) is 2.06. The highest BCUT2D eigenvalue weighted by molar-refractivity contribution is 7.13. The molecule has 0 saturated carbocycles. The van der Waals surface area contributed by atoms with Crippen LogP contribution >= 0.6 is 11.5 Å². The first-order valence-corrected chi connectivity index (χ1v) is 9.15. The molecule has 0 bridgehead atoms. The van der Waals surface area contributed by atoms with Crippen LogP contribution in [-0.2, 0) is 6.42 Å². The molecule has 0 spiro atoms. The summed E-state index contributed by atoms with van der Waals surface area (Å²) < 4.78 is 11.5. The van der Waals surface area contributed by atoms with Crippen molar-refractivity contribution in [2.45, 2.75) is 13.3 Å². The first-order valence-electron chi connectivity index (χ1n) is 8.37. The van der Waals surface area contributed by atoms with E-state index in [0.717, 1.165) is 41.2 Å². The molecular formula is C21H26N2OS. The quantitative estimate of drug-likeness (QED) is 0.442. The molecule has 0 N–H and O–H groups in total. The van der Waals surface area contributed by atoms with E-state index in [4.69, 9.17) is 4.74 Å². The molecule has 132 valence electrons. The Hall–Kier alpha value is -2.17. The van der Waals surface area contributed by atoms with Crippen molar-refractivity contribution in [1.82, 2.24) is 9.27 Å². The maximum atomic E-state index is 5.81. The van der Waals surface area contributed by atoms with Crippen molar-refractivity contribution in [3.8, 4) is 5.75 Å². The van der Waals surface area contributed by atoms with Crippen LogP contribution < -0.4 is 4.74 Å². The van der Waals surface area contributed by atoms with Gasteiger partial charge >= 0.3 is 0 Å². The third-order valence-corrected chi connectivity index (χ3v) is 4.45. The van der Waals surface area contributed by atoms with Crippen molar-refractivity contribution in [3.63, 3.8) is 0 Å². The van der Waals surface area contributed by atoms with Gasteiger partial charge in [0.2, 0.25) is 0 Å². The highest BCUT2D eigenvalue weighted by atomic mass is 32.1. The lowest BCUT2D eigenvalue weighted by atomic mass is 10.1. The van der Waals surface area contributed by atoms with Crippen LogP contribution in [0.15, 0.2) is 67.3 Å². The van der Waals surface area contributed by atoms with Crippen LogP contribution in [0.3, 0.4) is 0 Å². The molecule has 1 heterocycles. The first kappa shape index (κ1) is 19.2. The summed E-state index contributed by atoms with van der Waals surface area (Å²) >= 11 is 1.52. The molecule has 2 aromatic rings. The lowest BCUT2D eigenvalue weighted by Crippen LogP contribution is -2.17. The zero-order chi connectivity index (χ0) is 18.1. The highest BCUT2D eigenvalue weighted by Gasteiger charge is 2.06. The Morgan fingerprint density at radius 3 is 2.88 bits per heavy atom. The number of hydrogen-bond donors (Lipinski definition) is 0. The molecule has 0 fully saturated rings. The fourth-order valence-electron chi connectivity index (χ4n) is 2.34. The van der Waals surface area contributed by atoms with Crippen molar-refractivity contribution < 1.29 is 4.74 Å². The van der Waals surface area contributed by atoms with Crippen LogP contribution in [0.25, 0.3) is 10.1 Å². The van der Waals surface area contributed by atoms with Crippen LogP contribution in [0, 0.1) is 0 Å². The number of aromatic nitrogens is 1. The van der Waals surface area contributed by atoms with E-state index >= 15 is 0 Å². The Balaban J connectivity index is 1.90. The summed E-state index contributed by atoms with van der Waals surface area (Å²) in [6.07, 6.45) is 11.0. The molecule has 0 unspecified atom stereocenters. The minimum Gasteiger partial charge on any atom is -0.489 e. The number of benzene rings is 1. The number of fused-ring (bicyclic) bond motifs is 1. The fourth-order valence-corrected chi connectivity index (χ4v) is 3.18. The van der Waals surface area contributed by atoms with Crippen molar-refractivity contribution in [2.75, 3.05) is 26.7 Å². The van der Waals surface area contributed by atoms with E-state index < -0.39 is 0 Å². The average molecular weight is 355 g/mol. The van der Waals surface area contributed by atoms with Gasteiger partial charge in [-0.3, -0.25) is 4.90 Å². The minimum absolute atomic E-state index is 0.570. The molecule has 0 atom stereocenters. The number of hydrogen-bond acceptors (Lipinski definition) is 4. The van der Waals surface area contributed by atoms with E-state index in [-0.39, 0.29) is 0 Å². The Kier molecular flexibility index (Phi) is 7.64. The van der Waals surface area contributed by atoms with Crippen LogP contribution in [0.2, 0.25) is 0 Å². The largest absolute Gasteiger partial charge is 0.489 e. The van der Waals surface area contributed by atoms with Crippen molar-refractivity contribution in [3.05, 3.63) is 73.0 Å². The standard InChI is InChI=1S/C21H26N2OS/c1-5-13-23(4)14-6-7-15-24-18-11-12-19-20(10-8-9-17(2)3)22-25-21(19)16-18/h5-9,11-12,16H,1-2,10,13-15H2,3-4H3. The summed E-state index contributed by atoms with van der Waals surface area (Å²) in [5.41, 5.74) is 2.16.